The van der Waals surface area contributed by atoms with Gasteiger partial charge in [0.05, 0.1) is 10.7 Å². The largest absolute Gasteiger partial charge is 0.488 e. The first kappa shape index (κ1) is 15.4. The number of halogens is 2. The second kappa shape index (κ2) is 6.21. The topological polar surface area (TPSA) is 35.2 Å². The van der Waals surface area contributed by atoms with E-state index in [-0.39, 0.29) is 11.1 Å². The third kappa shape index (κ3) is 3.38. The molecule has 1 aromatic carbocycles. The molecule has 1 aliphatic rings. The molecule has 3 atom stereocenters. The van der Waals surface area contributed by atoms with Crippen LogP contribution in [-0.2, 0) is 0 Å². The quantitative estimate of drug-likeness (QED) is 0.806. The fourth-order valence-corrected chi connectivity index (χ4v) is 3.21. The summed E-state index contributed by atoms with van der Waals surface area (Å²) >= 11 is 5.82. The van der Waals surface area contributed by atoms with Crippen LogP contribution in [0.1, 0.15) is 40.0 Å². The van der Waals surface area contributed by atoms with E-state index < -0.39 is 5.82 Å². The molecular formula is C16H23ClFNO. The highest BCUT2D eigenvalue weighted by Crippen LogP contribution is 2.38. The van der Waals surface area contributed by atoms with E-state index in [0.717, 1.165) is 6.42 Å². The summed E-state index contributed by atoms with van der Waals surface area (Å²) in [5.41, 5.74) is 6.15. The molecule has 0 bridgehead atoms. The molecule has 0 radical (unpaired) electrons. The van der Waals surface area contributed by atoms with Crippen molar-refractivity contribution in [2.75, 3.05) is 5.73 Å². The van der Waals surface area contributed by atoms with E-state index in [1.165, 1.54) is 25.0 Å². The molecule has 0 spiro atoms. The predicted molar refractivity (Wildman–Crippen MR) is 81.6 cm³/mol. The van der Waals surface area contributed by atoms with Gasteiger partial charge in [0, 0.05) is 12.1 Å². The van der Waals surface area contributed by atoms with Crippen molar-refractivity contribution in [3.63, 3.8) is 0 Å². The minimum absolute atomic E-state index is 0.0548. The molecule has 1 aromatic rings. The molecule has 0 amide bonds. The Labute approximate surface area is 125 Å². The van der Waals surface area contributed by atoms with Crippen LogP contribution in [0.4, 0.5) is 10.1 Å². The van der Waals surface area contributed by atoms with Crippen LogP contribution in [-0.4, -0.2) is 6.10 Å². The Hall–Kier alpha value is -0.960. The maximum Gasteiger partial charge on any atom is 0.144 e. The van der Waals surface area contributed by atoms with Crippen LogP contribution in [0.2, 0.25) is 5.02 Å². The molecule has 0 heterocycles. The molecule has 0 aliphatic heterocycles. The molecule has 2 nitrogen and oxygen atoms in total. The third-order valence-corrected chi connectivity index (χ3v) is 4.58. The summed E-state index contributed by atoms with van der Waals surface area (Å²) in [5.74, 6) is 1.71. The molecule has 0 saturated heterocycles. The molecule has 1 saturated carbocycles. The Morgan fingerprint density at radius 2 is 2.05 bits per heavy atom. The van der Waals surface area contributed by atoms with Crippen molar-refractivity contribution in [2.45, 2.75) is 46.1 Å². The van der Waals surface area contributed by atoms with Gasteiger partial charge in [-0.15, -0.1) is 0 Å². The summed E-state index contributed by atoms with van der Waals surface area (Å²) in [6.45, 7) is 6.68. The molecule has 20 heavy (non-hydrogen) atoms. The van der Waals surface area contributed by atoms with Gasteiger partial charge in [0.15, 0.2) is 0 Å². The zero-order valence-corrected chi connectivity index (χ0v) is 13.1. The summed E-state index contributed by atoms with van der Waals surface area (Å²) in [7, 11) is 0. The summed E-state index contributed by atoms with van der Waals surface area (Å²) < 4.78 is 19.4. The van der Waals surface area contributed by atoms with Gasteiger partial charge in [-0.1, -0.05) is 38.8 Å². The van der Waals surface area contributed by atoms with Crippen molar-refractivity contribution in [2.24, 2.45) is 17.8 Å². The van der Waals surface area contributed by atoms with Crippen molar-refractivity contribution < 1.29 is 9.13 Å². The van der Waals surface area contributed by atoms with E-state index >= 15 is 0 Å². The zero-order chi connectivity index (χ0) is 14.9. The lowest BCUT2D eigenvalue weighted by Crippen LogP contribution is -2.36. The number of benzene rings is 1. The van der Waals surface area contributed by atoms with E-state index in [9.17, 15) is 4.39 Å². The minimum atomic E-state index is -0.506. The summed E-state index contributed by atoms with van der Waals surface area (Å²) in [6.07, 6.45) is 3.54. The van der Waals surface area contributed by atoms with Crippen LogP contribution in [0.3, 0.4) is 0 Å². The number of nitrogens with two attached hydrogens (primary N) is 1. The fourth-order valence-electron chi connectivity index (χ4n) is 3.06. The Morgan fingerprint density at radius 3 is 2.70 bits per heavy atom. The molecule has 0 aromatic heterocycles. The van der Waals surface area contributed by atoms with Gasteiger partial charge in [-0.25, -0.2) is 4.39 Å². The third-order valence-electron chi connectivity index (χ3n) is 4.29. The van der Waals surface area contributed by atoms with Crippen LogP contribution in [0.15, 0.2) is 12.1 Å². The van der Waals surface area contributed by atoms with Gasteiger partial charge in [-0.05, 0) is 30.6 Å². The summed E-state index contributed by atoms with van der Waals surface area (Å²) in [4.78, 5) is 0. The standard InChI is InChI=1S/C16H23ClFNO/c1-9(2)11-5-4-10(3)6-15(11)20-16-7-12(17)13(18)8-14(16)19/h7-11,15H,4-6,19H2,1-3H3. The smallest absolute Gasteiger partial charge is 0.144 e. The van der Waals surface area contributed by atoms with Crippen molar-refractivity contribution in [1.82, 2.24) is 0 Å². The average molecular weight is 300 g/mol. The van der Waals surface area contributed by atoms with Crippen LogP contribution in [0.5, 0.6) is 5.75 Å². The molecule has 3 unspecified atom stereocenters. The second-order valence-electron chi connectivity index (χ2n) is 6.29. The number of hydrogen-bond donors (Lipinski definition) is 1. The maximum atomic E-state index is 13.3. The van der Waals surface area contributed by atoms with Crippen molar-refractivity contribution in [1.29, 1.82) is 0 Å². The number of rotatable bonds is 3. The van der Waals surface area contributed by atoms with Gasteiger partial charge >= 0.3 is 0 Å². The molecule has 2 rings (SSSR count). The highest BCUT2D eigenvalue weighted by Gasteiger charge is 2.32. The summed E-state index contributed by atoms with van der Waals surface area (Å²) in [6, 6.07) is 2.72. The number of hydrogen-bond acceptors (Lipinski definition) is 2. The van der Waals surface area contributed by atoms with E-state index in [1.54, 1.807) is 0 Å². The molecule has 1 aliphatic carbocycles. The fraction of sp³-hybridized carbons (Fsp3) is 0.625. The second-order valence-corrected chi connectivity index (χ2v) is 6.69. The normalized spacial score (nSPS) is 26.8. The van der Waals surface area contributed by atoms with Gasteiger partial charge in [-0.3, -0.25) is 0 Å². The van der Waals surface area contributed by atoms with Crippen LogP contribution >= 0.6 is 11.6 Å². The van der Waals surface area contributed by atoms with E-state index in [0.29, 0.717) is 29.2 Å². The van der Waals surface area contributed by atoms with Gasteiger partial charge < -0.3 is 10.5 Å². The monoisotopic (exact) mass is 299 g/mol. The van der Waals surface area contributed by atoms with Gasteiger partial charge in [0.1, 0.15) is 17.7 Å². The first-order valence-electron chi connectivity index (χ1n) is 7.29. The maximum absolute atomic E-state index is 13.3. The lowest BCUT2D eigenvalue weighted by atomic mass is 9.75. The van der Waals surface area contributed by atoms with Gasteiger partial charge in [-0.2, -0.15) is 0 Å². The highest BCUT2D eigenvalue weighted by atomic mass is 35.5. The van der Waals surface area contributed by atoms with Crippen molar-refractivity contribution in [3.8, 4) is 5.75 Å². The van der Waals surface area contributed by atoms with Crippen LogP contribution in [0, 0.1) is 23.6 Å². The van der Waals surface area contributed by atoms with Gasteiger partial charge in [0.2, 0.25) is 0 Å². The molecule has 112 valence electrons. The Kier molecular flexibility index (Phi) is 4.79. The Morgan fingerprint density at radius 1 is 1.35 bits per heavy atom. The molecule has 4 heteroatoms. The van der Waals surface area contributed by atoms with E-state index in [4.69, 9.17) is 22.1 Å². The highest BCUT2D eigenvalue weighted by molar-refractivity contribution is 6.31. The van der Waals surface area contributed by atoms with Gasteiger partial charge in [0.25, 0.3) is 0 Å². The van der Waals surface area contributed by atoms with Crippen molar-refractivity contribution >= 4 is 17.3 Å². The van der Waals surface area contributed by atoms with Crippen LogP contribution in [0.25, 0.3) is 0 Å². The molecular weight excluding hydrogens is 277 g/mol. The van der Waals surface area contributed by atoms with Crippen molar-refractivity contribution in [3.05, 3.63) is 23.0 Å². The lowest BCUT2D eigenvalue weighted by molar-refractivity contribution is 0.0465. The first-order valence-corrected chi connectivity index (χ1v) is 7.67. The SMILES string of the molecule is CC1CCC(C(C)C)C(Oc2cc(Cl)c(F)cc2N)C1. The number of ether oxygens (including phenoxy) is 1. The Balaban J connectivity index is 2.20. The minimum Gasteiger partial charge on any atom is -0.488 e. The number of anilines is 1. The molecule has 1 fully saturated rings. The average Bonchev–Trinajstić information content (AvgIpc) is 2.35. The van der Waals surface area contributed by atoms with E-state index in [1.807, 2.05) is 0 Å². The zero-order valence-electron chi connectivity index (χ0n) is 12.3. The van der Waals surface area contributed by atoms with E-state index in [2.05, 4.69) is 20.8 Å². The summed E-state index contributed by atoms with van der Waals surface area (Å²) in [5, 5.41) is 0.0548. The Bertz CT molecular complexity index is 478. The van der Waals surface area contributed by atoms with Crippen LogP contribution < -0.4 is 10.5 Å². The lowest BCUT2D eigenvalue weighted by Gasteiger charge is -2.37. The molecule has 2 N–H and O–H groups in total. The first-order chi connectivity index (χ1) is 9.38. The number of nitrogen functional groups attached to an aromatic ring is 1. The predicted octanol–water partition coefficient (Wildman–Crippen LogP) is 4.90.